The maximum atomic E-state index is 12.2. The van der Waals surface area contributed by atoms with Gasteiger partial charge in [-0.1, -0.05) is 18.2 Å². The minimum atomic E-state index is -3.68. The molecular formula is C15H26N3O3S+. The molecule has 0 unspecified atom stereocenters. The number of quaternary nitrogens is 1. The SMILES string of the molecule is CN1CC[N+](C)(CCCS(=O)(=O)N(O)c2ccccc2)CC1. The van der Waals surface area contributed by atoms with Gasteiger partial charge in [0.1, 0.15) is 0 Å². The third kappa shape index (κ3) is 4.42. The Bertz CT molecular complexity index is 569. The molecule has 0 atom stereocenters. The van der Waals surface area contributed by atoms with Crippen LogP contribution >= 0.6 is 0 Å². The number of hydrogen-bond donors (Lipinski definition) is 1. The van der Waals surface area contributed by atoms with E-state index in [-0.39, 0.29) is 11.4 Å². The first-order valence-electron chi connectivity index (χ1n) is 7.61. The highest BCUT2D eigenvalue weighted by atomic mass is 32.2. The smallest absolute Gasteiger partial charge is 0.257 e. The minimum Gasteiger partial charge on any atom is -0.324 e. The van der Waals surface area contributed by atoms with Crippen molar-refractivity contribution >= 4 is 15.7 Å². The molecule has 1 aliphatic heterocycles. The second kappa shape index (κ2) is 6.95. The zero-order chi connectivity index (χ0) is 16.2. The van der Waals surface area contributed by atoms with E-state index >= 15 is 0 Å². The van der Waals surface area contributed by atoms with E-state index < -0.39 is 10.0 Å². The highest BCUT2D eigenvalue weighted by Crippen LogP contribution is 2.16. The Morgan fingerprint density at radius 1 is 1.23 bits per heavy atom. The van der Waals surface area contributed by atoms with Crippen LogP contribution in [0.3, 0.4) is 0 Å². The summed E-state index contributed by atoms with van der Waals surface area (Å²) in [6.07, 6.45) is 0.548. The molecular weight excluding hydrogens is 302 g/mol. The van der Waals surface area contributed by atoms with Crippen LogP contribution in [-0.2, 0) is 10.0 Å². The monoisotopic (exact) mass is 328 g/mol. The van der Waals surface area contributed by atoms with Crippen LogP contribution in [0.5, 0.6) is 0 Å². The quantitative estimate of drug-likeness (QED) is 0.625. The number of piperazine rings is 1. The van der Waals surface area contributed by atoms with Gasteiger partial charge in [-0.3, -0.25) is 10.1 Å². The first-order valence-corrected chi connectivity index (χ1v) is 9.22. The second-order valence-corrected chi connectivity index (χ2v) is 8.26. The van der Waals surface area contributed by atoms with Crippen molar-refractivity contribution < 1.29 is 18.1 Å². The van der Waals surface area contributed by atoms with Gasteiger partial charge in [0, 0.05) is 19.5 Å². The van der Waals surface area contributed by atoms with Crippen molar-refractivity contribution in [2.45, 2.75) is 6.42 Å². The molecule has 1 heterocycles. The van der Waals surface area contributed by atoms with Gasteiger partial charge in [0.25, 0.3) is 10.0 Å². The molecule has 1 aromatic carbocycles. The maximum absolute atomic E-state index is 12.2. The first-order chi connectivity index (χ1) is 10.3. The molecule has 22 heavy (non-hydrogen) atoms. The van der Waals surface area contributed by atoms with Crippen LogP contribution < -0.4 is 4.47 Å². The van der Waals surface area contributed by atoms with E-state index in [1.807, 2.05) is 0 Å². The van der Waals surface area contributed by atoms with Gasteiger partial charge >= 0.3 is 0 Å². The molecule has 1 saturated heterocycles. The molecule has 124 valence electrons. The number of likely N-dealkylation sites (N-methyl/N-ethyl adjacent to an activating group) is 2. The Labute approximate surface area is 133 Å². The summed E-state index contributed by atoms with van der Waals surface area (Å²) in [4.78, 5) is 2.29. The van der Waals surface area contributed by atoms with Crippen molar-refractivity contribution in [2.75, 3.05) is 57.0 Å². The topological polar surface area (TPSA) is 60.9 Å². The van der Waals surface area contributed by atoms with E-state index in [0.717, 1.165) is 37.2 Å². The summed E-state index contributed by atoms with van der Waals surface area (Å²) in [5, 5.41) is 9.92. The van der Waals surface area contributed by atoms with Crippen LogP contribution in [0.15, 0.2) is 30.3 Å². The molecule has 1 aliphatic rings. The van der Waals surface area contributed by atoms with E-state index in [2.05, 4.69) is 19.0 Å². The number of sulfonamides is 1. The first kappa shape index (κ1) is 17.2. The van der Waals surface area contributed by atoms with E-state index in [4.69, 9.17) is 0 Å². The zero-order valence-corrected chi connectivity index (χ0v) is 14.2. The van der Waals surface area contributed by atoms with E-state index in [1.165, 1.54) is 0 Å². The van der Waals surface area contributed by atoms with E-state index in [9.17, 15) is 13.6 Å². The largest absolute Gasteiger partial charge is 0.324 e. The average molecular weight is 328 g/mol. The van der Waals surface area contributed by atoms with E-state index in [0.29, 0.717) is 10.9 Å². The van der Waals surface area contributed by atoms with Gasteiger partial charge in [-0.15, -0.1) is 4.47 Å². The molecule has 2 rings (SSSR count). The minimum absolute atomic E-state index is 0.0396. The Kier molecular flexibility index (Phi) is 5.44. The van der Waals surface area contributed by atoms with Crippen LogP contribution in [-0.4, -0.2) is 75.6 Å². The molecule has 0 amide bonds. The van der Waals surface area contributed by atoms with Crippen molar-refractivity contribution in [3.8, 4) is 0 Å². The number of hydrogen-bond acceptors (Lipinski definition) is 4. The lowest BCUT2D eigenvalue weighted by Crippen LogP contribution is -2.56. The average Bonchev–Trinajstić information content (AvgIpc) is 2.50. The molecule has 6 nitrogen and oxygen atoms in total. The van der Waals surface area contributed by atoms with E-state index in [1.54, 1.807) is 30.3 Å². The second-order valence-electron chi connectivity index (χ2n) is 6.34. The fourth-order valence-corrected chi connectivity index (χ4v) is 3.81. The molecule has 0 radical (unpaired) electrons. The van der Waals surface area contributed by atoms with Crippen LogP contribution in [0.1, 0.15) is 6.42 Å². The summed E-state index contributed by atoms with van der Waals surface area (Å²) in [5.41, 5.74) is 0.280. The number of rotatable bonds is 6. The number of para-hydroxylation sites is 1. The van der Waals surface area contributed by atoms with Crippen LogP contribution in [0.2, 0.25) is 0 Å². The highest BCUT2D eigenvalue weighted by Gasteiger charge is 2.28. The number of benzene rings is 1. The fraction of sp³-hybridized carbons (Fsp3) is 0.600. The van der Waals surface area contributed by atoms with Crippen LogP contribution in [0, 0.1) is 0 Å². The summed E-state index contributed by atoms with van der Waals surface area (Å²) < 4.78 is 25.7. The molecule has 0 saturated carbocycles. The summed E-state index contributed by atoms with van der Waals surface area (Å²) in [7, 11) is 0.600. The predicted octanol–water partition coefficient (Wildman–Crippen LogP) is 0.994. The van der Waals surface area contributed by atoms with Crippen molar-refractivity contribution in [3.05, 3.63) is 30.3 Å². The van der Waals surface area contributed by atoms with Crippen molar-refractivity contribution in [2.24, 2.45) is 0 Å². The van der Waals surface area contributed by atoms with Crippen molar-refractivity contribution in [1.29, 1.82) is 0 Å². The lowest BCUT2D eigenvalue weighted by molar-refractivity contribution is -0.913. The van der Waals surface area contributed by atoms with Crippen molar-refractivity contribution in [1.82, 2.24) is 4.90 Å². The molecule has 0 aromatic heterocycles. The Morgan fingerprint density at radius 3 is 2.41 bits per heavy atom. The molecule has 1 N–H and O–H groups in total. The summed E-state index contributed by atoms with van der Waals surface area (Å²) in [5.74, 6) is -0.0396. The predicted molar refractivity (Wildman–Crippen MR) is 87.4 cm³/mol. The van der Waals surface area contributed by atoms with Gasteiger partial charge < -0.3 is 4.48 Å². The standard InChI is InChI=1S/C15H26N3O3S/c1-16-9-12-18(2,13-10-16)11-6-14-22(20,21)17(19)15-7-4-3-5-8-15/h3-5,7-8,19H,6,9-14H2,1-2H3/q+1. The number of nitrogens with zero attached hydrogens (tertiary/aromatic N) is 3. The third-order valence-corrected chi connectivity index (χ3v) is 5.93. The Morgan fingerprint density at radius 2 is 1.82 bits per heavy atom. The summed E-state index contributed by atoms with van der Waals surface area (Å²) >= 11 is 0. The van der Waals surface area contributed by atoms with Crippen LogP contribution in [0.25, 0.3) is 0 Å². The number of anilines is 1. The molecule has 0 bridgehead atoms. The molecule has 0 aliphatic carbocycles. The highest BCUT2D eigenvalue weighted by molar-refractivity contribution is 7.92. The van der Waals surface area contributed by atoms with Gasteiger partial charge in [-0.25, -0.2) is 8.42 Å². The van der Waals surface area contributed by atoms with Gasteiger partial charge in [0.15, 0.2) is 0 Å². The third-order valence-electron chi connectivity index (χ3n) is 4.38. The Hall–Kier alpha value is -1.15. The zero-order valence-electron chi connectivity index (χ0n) is 13.4. The summed E-state index contributed by atoms with van der Waals surface area (Å²) in [6.45, 7) is 4.98. The molecule has 7 heteroatoms. The van der Waals surface area contributed by atoms with Gasteiger partial charge in [-0.2, -0.15) is 0 Å². The van der Waals surface area contributed by atoms with Crippen LogP contribution in [0.4, 0.5) is 5.69 Å². The Balaban J connectivity index is 1.88. The lowest BCUT2D eigenvalue weighted by atomic mass is 10.2. The maximum Gasteiger partial charge on any atom is 0.257 e. The van der Waals surface area contributed by atoms with Crippen molar-refractivity contribution in [3.63, 3.8) is 0 Å². The fourth-order valence-electron chi connectivity index (χ4n) is 2.70. The normalized spacial score (nSPS) is 19.0. The lowest BCUT2D eigenvalue weighted by Gasteiger charge is -2.41. The van der Waals surface area contributed by atoms with Gasteiger partial charge in [-0.05, 0) is 19.2 Å². The summed E-state index contributed by atoms with van der Waals surface area (Å²) in [6, 6.07) is 8.33. The van der Waals surface area contributed by atoms with Gasteiger partial charge in [0.05, 0.1) is 38.1 Å². The molecule has 1 fully saturated rings. The van der Waals surface area contributed by atoms with Gasteiger partial charge in [0.2, 0.25) is 0 Å². The molecule has 0 spiro atoms. The molecule has 1 aromatic rings.